The van der Waals surface area contributed by atoms with Gasteiger partial charge in [0.15, 0.2) is 0 Å². The van der Waals surface area contributed by atoms with E-state index in [1.807, 2.05) is 36.4 Å². The van der Waals surface area contributed by atoms with Crippen LogP contribution in [-0.2, 0) is 4.79 Å². The van der Waals surface area contributed by atoms with Crippen LogP contribution in [0.4, 0.5) is 0 Å². The Kier molecular flexibility index (Phi) is 6.82. The molecule has 1 N–H and O–H groups in total. The molecule has 2 aromatic rings. The lowest BCUT2D eigenvalue weighted by Crippen LogP contribution is -2.41. The van der Waals surface area contributed by atoms with Crippen LogP contribution in [0.3, 0.4) is 0 Å². The number of aryl methyl sites for hydroxylation is 1. The van der Waals surface area contributed by atoms with Gasteiger partial charge in [-0.2, -0.15) is 0 Å². The van der Waals surface area contributed by atoms with E-state index in [0.717, 1.165) is 29.9 Å². The number of benzene rings is 2. The van der Waals surface area contributed by atoms with Gasteiger partial charge in [0.05, 0.1) is 25.6 Å². The first-order valence-corrected chi connectivity index (χ1v) is 10.1. The van der Waals surface area contributed by atoms with Gasteiger partial charge in [-0.15, -0.1) is 5.92 Å². The monoisotopic (exact) mass is 392 g/mol. The molecule has 152 valence electrons. The van der Waals surface area contributed by atoms with Gasteiger partial charge in [0.2, 0.25) is 0 Å². The van der Waals surface area contributed by atoms with E-state index in [0.29, 0.717) is 13.2 Å². The van der Waals surface area contributed by atoms with Crippen molar-refractivity contribution < 1.29 is 19.4 Å². The van der Waals surface area contributed by atoms with Crippen molar-refractivity contribution in [3.05, 3.63) is 59.7 Å². The number of carbonyl (C=O) groups is 1. The zero-order valence-electron chi connectivity index (χ0n) is 17.1. The van der Waals surface area contributed by atoms with Gasteiger partial charge in [-0.05, 0) is 62.1 Å². The van der Waals surface area contributed by atoms with E-state index in [9.17, 15) is 4.79 Å². The summed E-state index contributed by atoms with van der Waals surface area (Å²) in [5.41, 5.74) is 2.15. The first-order valence-electron chi connectivity index (χ1n) is 10.1. The summed E-state index contributed by atoms with van der Waals surface area (Å²) in [5.74, 6) is 6.33. The van der Waals surface area contributed by atoms with E-state index < -0.39 is 5.97 Å². The number of carboxylic acid groups (broad SMARTS) is 1. The fourth-order valence-electron chi connectivity index (χ4n) is 3.58. The smallest absolute Gasteiger partial charge is 0.304 e. The van der Waals surface area contributed by atoms with Crippen molar-refractivity contribution in [2.24, 2.45) is 5.41 Å². The van der Waals surface area contributed by atoms with Crippen LogP contribution in [0.2, 0.25) is 0 Å². The predicted octanol–water partition coefficient (Wildman–Crippen LogP) is 5.20. The lowest BCUT2D eigenvalue weighted by Gasteiger charge is -2.41. The molecule has 0 radical (unpaired) electrons. The first-order chi connectivity index (χ1) is 14.0. The van der Waals surface area contributed by atoms with E-state index >= 15 is 0 Å². The Balaban J connectivity index is 1.57. The van der Waals surface area contributed by atoms with E-state index in [4.69, 9.17) is 14.6 Å². The molecule has 0 aromatic heterocycles. The predicted molar refractivity (Wildman–Crippen MR) is 113 cm³/mol. The van der Waals surface area contributed by atoms with Crippen molar-refractivity contribution in [1.29, 1.82) is 0 Å². The standard InChI is InChI=1S/C25H28O4/c1-3-6-21(16-24(26)27)20-9-11-22(12-10-20)28-17-25(13-5-14-25)18-29-23-8-4-7-19(2)15-23/h4,7-12,15,21H,5,13-14,16-18H2,1-2H3,(H,26,27). The van der Waals surface area contributed by atoms with Gasteiger partial charge in [-0.25, -0.2) is 0 Å². The summed E-state index contributed by atoms with van der Waals surface area (Å²) in [6, 6.07) is 15.7. The second-order valence-electron chi connectivity index (χ2n) is 7.86. The van der Waals surface area contributed by atoms with Crippen LogP contribution in [-0.4, -0.2) is 24.3 Å². The minimum atomic E-state index is -0.849. The van der Waals surface area contributed by atoms with Gasteiger partial charge in [0.1, 0.15) is 11.5 Å². The Morgan fingerprint density at radius 1 is 1.10 bits per heavy atom. The zero-order chi connectivity index (χ0) is 20.7. The molecule has 29 heavy (non-hydrogen) atoms. The zero-order valence-corrected chi connectivity index (χ0v) is 17.1. The molecule has 0 heterocycles. The van der Waals surface area contributed by atoms with E-state index in [-0.39, 0.29) is 17.8 Å². The van der Waals surface area contributed by atoms with E-state index in [1.165, 1.54) is 12.0 Å². The van der Waals surface area contributed by atoms with E-state index in [2.05, 4.69) is 30.9 Å². The molecule has 1 unspecified atom stereocenters. The average Bonchev–Trinajstić information content (AvgIpc) is 2.67. The minimum absolute atomic E-state index is 0.000450. The number of hydrogen-bond donors (Lipinski definition) is 1. The molecule has 0 saturated heterocycles. The maximum absolute atomic E-state index is 11.1. The Labute approximate surface area is 172 Å². The lowest BCUT2D eigenvalue weighted by atomic mass is 9.70. The number of carboxylic acids is 1. The molecule has 1 aliphatic carbocycles. The van der Waals surface area contributed by atoms with Gasteiger partial charge < -0.3 is 14.6 Å². The van der Waals surface area contributed by atoms with Crippen LogP contribution < -0.4 is 9.47 Å². The van der Waals surface area contributed by atoms with Crippen molar-refractivity contribution in [2.45, 2.75) is 45.4 Å². The molecule has 0 bridgehead atoms. The summed E-state index contributed by atoms with van der Waals surface area (Å²) in [6.07, 6.45) is 3.40. The quantitative estimate of drug-likeness (QED) is 0.596. The Morgan fingerprint density at radius 3 is 2.34 bits per heavy atom. The van der Waals surface area contributed by atoms with Crippen molar-refractivity contribution in [2.75, 3.05) is 13.2 Å². The first kappa shape index (κ1) is 20.8. The number of ether oxygens (including phenoxy) is 2. The maximum atomic E-state index is 11.1. The van der Waals surface area contributed by atoms with E-state index in [1.54, 1.807) is 6.92 Å². The van der Waals surface area contributed by atoms with Gasteiger partial charge >= 0.3 is 5.97 Å². The van der Waals surface area contributed by atoms with Crippen molar-refractivity contribution in [3.63, 3.8) is 0 Å². The fourth-order valence-corrected chi connectivity index (χ4v) is 3.58. The van der Waals surface area contributed by atoms with Crippen molar-refractivity contribution >= 4 is 5.97 Å². The van der Waals surface area contributed by atoms with Crippen LogP contribution in [0.25, 0.3) is 0 Å². The Bertz CT molecular complexity index is 885. The van der Waals surface area contributed by atoms with Gasteiger partial charge in [-0.3, -0.25) is 4.79 Å². The van der Waals surface area contributed by atoms with Crippen LogP contribution in [0.15, 0.2) is 48.5 Å². The maximum Gasteiger partial charge on any atom is 0.304 e. The molecular formula is C25H28O4. The third kappa shape index (κ3) is 5.77. The second kappa shape index (κ2) is 9.52. The lowest BCUT2D eigenvalue weighted by molar-refractivity contribution is -0.137. The van der Waals surface area contributed by atoms with Crippen molar-refractivity contribution in [3.8, 4) is 23.3 Å². The topological polar surface area (TPSA) is 55.8 Å². The second-order valence-corrected chi connectivity index (χ2v) is 7.86. The molecule has 0 amide bonds. The van der Waals surface area contributed by atoms with Gasteiger partial charge in [-0.1, -0.05) is 36.6 Å². The third-order valence-corrected chi connectivity index (χ3v) is 5.47. The Hall–Kier alpha value is -2.93. The summed E-state index contributed by atoms with van der Waals surface area (Å²) in [4.78, 5) is 11.1. The molecule has 3 rings (SSSR count). The average molecular weight is 392 g/mol. The van der Waals surface area contributed by atoms with Crippen LogP contribution in [0.1, 0.15) is 49.7 Å². The normalized spacial score (nSPS) is 15.4. The molecule has 1 fully saturated rings. The summed E-state index contributed by atoms with van der Waals surface area (Å²) in [7, 11) is 0. The van der Waals surface area contributed by atoms with Crippen LogP contribution >= 0.6 is 0 Å². The highest BCUT2D eigenvalue weighted by Gasteiger charge is 2.39. The van der Waals surface area contributed by atoms with Crippen LogP contribution in [0.5, 0.6) is 11.5 Å². The molecular weight excluding hydrogens is 364 g/mol. The molecule has 1 aliphatic rings. The molecule has 0 aliphatic heterocycles. The van der Waals surface area contributed by atoms with Gasteiger partial charge in [0, 0.05) is 5.41 Å². The largest absolute Gasteiger partial charge is 0.493 e. The summed E-state index contributed by atoms with van der Waals surface area (Å²) in [5, 5.41) is 9.08. The van der Waals surface area contributed by atoms with Gasteiger partial charge in [0.25, 0.3) is 0 Å². The summed E-state index contributed by atoms with van der Waals surface area (Å²) >= 11 is 0. The van der Waals surface area contributed by atoms with Crippen molar-refractivity contribution in [1.82, 2.24) is 0 Å². The SMILES string of the molecule is CC#CC(CC(=O)O)c1ccc(OCC2(COc3cccc(C)c3)CCC2)cc1. The fraction of sp³-hybridized carbons (Fsp3) is 0.400. The highest BCUT2D eigenvalue weighted by molar-refractivity contribution is 5.69. The molecule has 4 heteroatoms. The number of hydrogen-bond acceptors (Lipinski definition) is 3. The minimum Gasteiger partial charge on any atom is -0.493 e. The molecule has 1 atom stereocenters. The molecule has 0 spiro atoms. The summed E-state index contributed by atoms with van der Waals surface area (Å²) in [6.45, 7) is 5.06. The third-order valence-electron chi connectivity index (χ3n) is 5.47. The summed E-state index contributed by atoms with van der Waals surface area (Å²) < 4.78 is 12.1. The highest BCUT2D eigenvalue weighted by atomic mass is 16.5. The number of aliphatic carboxylic acids is 1. The molecule has 4 nitrogen and oxygen atoms in total. The Morgan fingerprint density at radius 2 is 1.79 bits per heavy atom. The highest BCUT2D eigenvalue weighted by Crippen LogP contribution is 2.42. The number of rotatable bonds is 9. The van der Waals surface area contributed by atoms with Crippen LogP contribution in [0, 0.1) is 24.2 Å². The molecule has 2 aromatic carbocycles. The molecule has 1 saturated carbocycles.